The summed E-state index contributed by atoms with van der Waals surface area (Å²) in [5.74, 6) is 0.235. The summed E-state index contributed by atoms with van der Waals surface area (Å²) in [5, 5.41) is 2.90. The van der Waals surface area contributed by atoms with Crippen molar-refractivity contribution in [2.75, 3.05) is 13.7 Å². The van der Waals surface area contributed by atoms with Gasteiger partial charge in [0.15, 0.2) is 0 Å². The van der Waals surface area contributed by atoms with Crippen LogP contribution in [-0.4, -0.2) is 32.3 Å². The van der Waals surface area contributed by atoms with Crippen LogP contribution in [0.25, 0.3) is 0 Å². The van der Waals surface area contributed by atoms with Crippen molar-refractivity contribution in [2.24, 2.45) is 0 Å². The molecule has 0 spiro atoms. The molecule has 32 heavy (non-hydrogen) atoms. The quantitative estimate of drug-likeness (QED) is 0.531. The Morgan fingerprint density at radius 2 is 1.62 bits per heavy atom. The molecule has 0 unspecified atom stereocenters. The summed E-state index contributed by atoms with van der Waals surface area (Å²) >= 11 is 0. The molecule has 0 fully saturated rings. The second kappa shape index (κ2) is 10.4. The number of nitrogens with one attached hydrogen (secondary N) is 1. The number of nitrogens with zero attached hydrogens (tertiary/aromatic N) is 1. The van der Waals surface area contributed by atoms with E-state index >= 15 is 0 Å². The van der Waals surface area contributed by atoms with Gasteiger partial charge in [-0.05, 0) is 48.7 Å². The number of carbonyl (C=O) groups excluding carboxylic acids is 1. The summed E-state index contributed by atoms with van der Waals surface area (Å²) in [7, 11) is -2.39. The van der Waals surface area contributed by atoms with Gasteiger partial charge in [-0.15, -0.1) is 0 Å². The Bertz CT molecular complexity index is 1150. The molecule has 6 nitrogen and oxygen atoms in total. The summed E-state index contributed by atoms with van der Waals surface area (Å²) in [6.07, 6.45) is 0. The summed E-state index contributed by atoms with van der Waals surface area (Å²) in [6, 6.07) is 23.2. The van der Waals surface area contributed by atoms with Crippen LogP contribution in [0.2, 0.25) is 0 Å². The predicted molar refractivity (Wildman–Crippen MR) is 125 cm³/mol. The van der Waals surface area contributed by atoms with Gasteiger partial charge in [0.1, 0.15) is 5.75 Å². The number of ether oxygens (including phenoxy) is 1. The number of hydrogen-bond acceptors (Lipinski definition) is 4. The SMILES string of the molecule is COc1ccc(S(=O)(=O)N(CC(=O)N[C@@H](C)c2ccccc2)Cc2ccccc2)cc1C. The molecular formula is C25H28N2O4S. The molecule has 3 aromatic carbocycles. The Balaban J connectivity index is 1.86. The Kier molecular flexibility index (Phi) is 7.66. The van der Waals surface area contributed by atoms with E-state index in [1.165, 1.54) is 17.5 Å². The van der Waals surface area contributed by atoms with Gasteiger partial charge in [-0.1, -0.05) is 60.7 Å². The first-order valence-corrected chi connectivity index (χ1v) is 11.8. The molecule has 0 saturated heterocycles. The van der Waals surface area contributed by atoms with Crippen LogP contribution in [0.3, 0.4) is 0 Å². The second-order valence-electron chi connectivity index (χ2n) is 7.59. The number of rotatable bonds is 9. The molecule has 3 rings (SSSR count). The molecule has 0 aliphatic carbocycles. The molecule has 0 aliphatic rings. The van der Waals surface area contributed by atoms with E-state index in [0.29, 0.717) is 11.3 Å². The predicted octanol–water partition coefficient (Wildman–Crippen LogP) is 4.07. The van der Waals surface area contributed by atoms with Crippen LogP contribution in [0.5, 0.6) is 5.75 Å². The standard InChI is InChI=1S/C25H28N2O4S/c1-19-16-23(14-15-24(19)31-3)32(29,30)27(17-21-10-6-4-7-11-21)18-25(28)26-20(2)22-12-8-5-9-13-22/h4-16,20H,17-18H2,1-3H3,(H,26,28)/t20-/m0/s1. The molecule has 0 aliphatic heterocycles. The minimum atomic E-state index is -3.93. The molecule has 7 heteroatoms. The lowest BCUT2D eigenvalue weighted by molar-refractivity contribution is -0.122. The summed E-state index contributed by atoms with van der Waals surface area (Å²) < 4.78 is 33.4. The van der Waals surface area contributed by atoms with Crippen LogP contribution >= 0.6 is 0 Å². The van der Waals surface area contributed by atoms with Crippen molar-refractivity contribution in [3.05, 3.63) is 95.6 Å². The number of aryl methyl sites for hydroxylation is 1. The molecule has 168 valence electrons. The van der Waals surface area contributed by atoms with Crippen molar-refractivity contribution in [1.29, 1.82) is 0 Å². The van der Waals surface area contributed by atoms with Crippen molar-refractivity contribution >= 4 is 15.9 Å². The van der Waals surface area contributed by atoms with Gasteiger partial charge in [-0.2, -0.15) is 4.31 Å². The first-order valence-electron chi connectivity index (χ1n) is 10.3. The van der Waals surface area contributed by atoms with Gasteiger partial charge in [-0.3, -0.25) is 4.79 Å². The largest absolute Gasteiger partial charge is 0.496 e. The summed E-state index contributed by atoms with van der Waals surface area (Å²) in [6.45, 7) is 3.45. The average molecular weight is 453 g/mol. The second-order valence-corrected chi connectivity index (χ2v) is 9.53. The number of amides is 1. The lowest BCUT2D eigenvalue weighted by atomic mass is 10.1. The van der Waals surface area contributed by atoms with Gasteiger partial charge in [0, 0.05) is 6.54 Å². The van der Waals surface area contributed by atoms with E-state index < -0.39 is 10.0 Å². The van der Waals surface area contributed by atoms with Crippen molar-refractivity contribution in [2.45, 2.75) is 31.3 Å². The minimum Gasteiger partial charge on any atom is -0.496 e. The van der Waals surface area contributed by atoms with Crippen molar-refractivity contribution < 1.29 is 17.9 Å². The Labute approximate surface area is 189 Å². The van der Waals surface area contributed by atoms with Gasteiger partial charge in [0.25, 0.3) is 0 Å². The first kappa shape index (κ1) is 23.5. The Hall–Kier alpha value is -3.16. The van der Waals surface area contributed by atoms with E-state index in [1.54, 1.807) is 19.1 Å². The molecule has 0 bridgehead atoms. The van der Waals surface area contributed by atoms with Gasteiger partial charge in [0.2, 0.25) is 15.9 Å². The minimum absolute atomic E-state index is 0.0847. The molecular weight excluding hydrogens is 424 g/mol. The fraction of sp³-hybridized carbons (Fsp3) is 0.240. The Morgan fingerprint density at radius 1 is 1.00 bits per heavy atom. The van der Waals surface area contributed by atoms with Crippen LogP contribution in [0.1, 0.15) is 29.7 Å². The van der Waals surface area contributed by atoms with Crippen LogP contribution in [0.15, 0.2) is 83.8 Å². The maximum Gasteiger partial charge on any atom is 0.243 e. The zero-order chi connectivity index (χ0) is 23.1. The molecule has 0 radical (unpaired) electrons. The van der Waals surface area contributed by atoms with E-state index in [0.717, 1.165) is 11.1 Å². The van der Waals surface area contributed by atoms with Gasteiger partial charge in [-0.25, -0.2) is 8.42 Å². The van der Waals surface area contributed by atoms with Crippen LogP contribution < -0.4 is 10.1 Å². The van der Waals surface area contributed by atoms with Gasteiger partial charge >= 0.3 is 0 Å². The van der Waals surface area contributed by atoms with Crippen LogP contribution in [-0.2, 0) is 21.4 Å². The average Bonchev–Trinajstić information content (AvgIpc) is 2.79. The molecule has 1 atom stereocenters. The third kappa shape index (κ3) is 5.75. The summed E-state index contributed by atoms with van der Waals surface area (Å²) in [5.41, 5.74) is 2.45. The van der Waals surface area contributed by atoms with Crippen molar-refractivity contribution in [1.82, 2.24) is 9.62 Å². The number of carbonyl (C=O) groups is 1. The third-order valence-corrected chi connectivity index (χ3v) is 6.99. The van der Waals surface area contributed by atoms with Crippen LogP contribution in [0, 0.1) is 6.92 Å². The van der Waals surface area contributed by atoms with E-state index in [-0.39, 0.29) is 29.9 Å². The lowest BCUT2D eigenvalue weighted by Crippen LogP contribution is -2.41. The lowest BCUT2D eigenvalue weighted by Gasteiger charge is -2.23. The highest BCUT2D eigenvalue weighted by Gasteiger charge is 2.28. The Morgan fingerprint density at radius 3 is 2.22 bits per heavy atom. The van der Waals surface area contributed by atoms with E-state index in [1.807, 2.05) is 67.6 Å². The third-order valence-electron chi connectivity index (χ3n) is 5.20. The monoisotopic (exact) mass is 452 g/mol. The number of benzene rings is 3. The fourth-order valence-corrected chi connectivity index (χ4v) is 4.92. The topological polar surface area (TPSA) is 75.7 Å². The van der Waals surface area contributed by atoms with Gasteiger partial charge < -0.3 is 10.1 Å². The normalized spacial score (nSPS) is 12.4. The van der Waals surface area contributed by atoms with E-state index in [4.69, 9.17) is 4.74 Å². The van der Waals surface area contributed by atoms with Crippen molar-refractivity contribution in [3.63, 3.8) is 0 Å². The number of sulfonamides is 1. The van der Waals surface area contributed by atoms with E-state index in [2.05, 4.69) is 5.32 Å². The smallest absolute Gasteiger partial charge is 0.243 e. The molecule has 1 N–H and O–H groups in total. The highest BCUT2D eigenvalue weighted by atomic mass is 32.2. The first-order chi connectivity index (χ1) is 15.3. The van der Waals surface area contributed by atoms with Gasteiger partial charge in [0.05, 0.1) is 24.6 Å². The fourth-order valence-electron chi connectivity index (χ4n) is 3.45. The van der Waals surface area contributed by atoms with Crippen LogP contribution in [0.4, 0.5) is 0 Å². The maximum atomic E-state index is 13.5. The number of methoxy groups -OCH3 is 1. The molecule has 0 heterocycles. The molecule has 3 aromatic rings. The zero-order valence-electron chi connectivity index (χ0n) is 18.5. The highest BCUT2D eigenvalue weighted by Crippen LogP contribution is 2.25. The number of hydrogen-bond donors (Lipinski definition) is 1. The molecule has 0 saturated carbocycles. The maximum absolute atomic E-state index is 13.5. The molecule has 1 amide bonds. The highest BCUT2D eigenvalue weighted by molar-refractivity contribution is 7.89. The summed E-state index contributed by atoms with van der Waals surface area (Å²) in [4.78, 5) is 13.0. The molecule has 0 aromatic heterocycles. The van der Waals surface area contributed by atoms with Crippen molar-refractivity contribution in [3.8, 4) is 5.75 Å². The van der Waals surface area contributed by atoms with E-state index in [9.17, 15) is 13.2 Å². The zero-order valence-corrected chi connectivity index (χ0v) is 19.3.